The molecular weight excluding hydrogens is 352 g/mol. The van der Waals surface area contributed by atoms with Crippen molar-refractivity contribution in [1.82, 2.24) is 15.1 Å². The van der Waals surface area contributed by atoms with Crippen LogP contribution in [0.15, 0.2) is 60.8 Å². The van der Waals surface area contributed by atoms with Gasteiger partial charge in [-0.25, -0.2) is 4.68 Å². The highest BCUT2D eigenvalue weighted by Crippen LogP contribution is 2.31. The van der Waals surface area contributed by atoms with Crippen molar-refractivity contribution in [1.29, 1.82) is 0 Å². The van der Waals surface area contributed by atoms with Crippen LogP contribution in [0.2, 0.25) is 0 Å². The van der Waals surface area contributed by atoms with E-state index in [9.17, 15) is 4.79 Å². The number of carbonyl (C=O) groups excluding carboxylic acids is 1. The predicted molar refractivity (Wildman–Crippen MR) is 109 cm³/mol. The van der Waals surface area contributed by atoms with Crippen molar-refractivity contribution >= 4 is 11.6 Å². The molecule has 3 aromatic rings. The second kappa shape index (κ2) is 8.27. The lowest BCUT2D eigenvalue weighted by Gasteiger charge is -2.24. The fourth-order valence-corrected chi connectivity index (χ4v) is 3.67. The molecule has 1 amide bonds. The fraction of sp³-hybridized carbons (Fsp3) is 0.273. The molecular formula is C22H24N4O2. The number of piperidine rings is 1. The van der Waals surface area contributed by atoms with Crippen molar-refractivity contribution in [3.05, 3.63) is 72.1 Å². The second-order valence-electron chi connectivity index (χ2n) is 6.90. The highest BCUT2D eigenvalue weighted by Gasteiger charge is 2.27. The van der Waals surface area contributed by atoms with Crippen molar-refractivity contribution < 1.29 is 9.53 Å². The lowest BCUT2D eigenvalue weighted by molar-refractivity contribution is 0.102. The van der Waals surface area contributed by atoms with E-state index in [0.717, 1.165) is 48.7 Å². The summed E-state index contributed by atoms with van der Waals surface area (Å²) in [6.45, 7) is 1.89. The number of nitrogens with zero attached hydrogens (tertiary/aromatic N) is 2. The molecule has 0 radical (unpaired) electrons. The molecule has 0 bridgehead atoms. The first-order valence-electron chi connectivity index (χ1n) is 9.55. The normalized spacial score (nSPS) is 14.6. The number of para-hydroxylation sites is 1. The summed E-state index contributed by atoms with van der Waals surface area (Å²) in [5.74, 6) is 0.947. The average molecular weight is 376 g/mol. The molecule has 144 valence electrons. The van der Waals surface area contributed by atoms with Gasteiger partial charge in [-0.05, 0) is 62.3 Å². The first-order chi connectivity index (χ1) is 13.8. The molecule has 6 nitrogen and oxygen atoms in total. The van der Waals surface area contributed by atoms with Gasteiger partial charge in [-0.3, -0.25) is 4.79 Å². The zero-order valence-electron chi connectivity index (χ0n) is 15.9. The number of hydrogen-bond donors (Lipinski definition) is 2. The van der Waals surface area contributed by atoms with Crippen LogP contribution in [0.5, 0.6) is 5.75 Å². The molecule has 0 unspecified atom stereocenters. The van der Waals surface area contributed by atoms with Crippen molar-refractivity contribution in [2.75, 3.05) is 25.5 Å². The van der Waals surface area contributed by atoms with E-state index in [1.165, 1.54) is 0 Å². The van der Waals surface area contributed by atoms with E-state index >= 15 is 0 Å². The second-order valence-corrected chi connectivity index (χ2v) is 6.90. The van der Waals surface area contributed by atoms with E-state index in [4.69, 9.17) is 4.74 Å². The van der Waals surface area contributed by atoms with Gasteiger partial charge in [0.05, 0.1) is 30.3 Å². The summed E-state index contributed by atoms with van der Waals surface area (Å²) in [6.07, 6.45) is 3.64. The van der Waals surface area contributed by atoms with Crippen LogP contribution in [0.3, 0.4) is 0 Å². The number of methoxy groups -OCH3 is 1. The Labute approximate surface area is 164 Å². The van der Waals surface area contributed by atoms with Gasteiger partial charge >= 0.3 is 0 Å². The largest absolute Gasteiger partial charge is 0.497 e. The summed E-state index contributed by atoms with van der Waals surface area (Å²) < 4.78 is 7.16. The summed E-state index contributed by atoms with van der Waals surface area (Å²) in [7, 11) is 1.65. The van der Waals surface area contributed by atoms with E-state index in [2.05, 4.69) is 15.7 Å². The zero-order chi connectivity index (χ0) is 19.3. The van der Waals surface area contributed by atoms with Gasteiger partial charge in [0.1, 0.15) is 5.75 Å². The first kappa shape index (κ1) is 18.3. The molecule has 6 heteroatoms. The lowest BCUT2D eigenvalue weighted by Crippen LogP contribution is -2.29. The van der Waals surface area contributed by atoms with Crippen LogP contribution in [0.25, 0.3) is 5.69 Å². The minimum atomic E-state index is -0.125. The van der Waals surface area contributed by atoms with E-state index in [0.29, 0.717) is 5.56 Å². The third-order valence-electron chi connectivity index (χ3n) is 5.13. The molecule has 2 N–H and O–H groups in total. The smallest absolute Gasteiger partial charge is 0.259 e. The van der Waals surface area contributed by atoms with Gasteiger partial charge in [0.2, 0.25) is 0 Å². The molecule has 1 saturated heterocycles. The molecule has 0 aliphatic carbocycles. The molecule has 1 aliphatic heterocycles. The van der Waals surface area contributed by atoms with E-state index in [1.54, 1.807) is 13.3 Å². The average Bonchev–Trinajstić information content (AvgIpc) is 3.20. The number of rotatable bonds is 5. The Bertz CT molecular complexity index is 929. The maximum atomic E-state index is 13.0. The monoisotopic (exact) mass is 376 g/mol. The molecule has 1 aliphatic rings. The minimum Gasteiger partial charge on any atom is -0.497 e. The number of hydrogen-bond acceptors (Lipinski definition) is 4. The third kappa shape index (κ3) is 3.77. The summed E-state index contributed by atoms with van der Waals surface area (Å²) >= 11 is 0. The summed E-state index contributed by atoms with van der Waals surface area (Å²) in [4.78, 5) is 13.0. The minimum absolute atomic E-state index is 0.125. The lowest BCUT2D eigenvalue weighted by atomic mass is 9.91. The topological polar surface area (TPSA) is 68.2 Å². The molecule has 0 atom stereocenters. The zero-order valence-corrected chi connectivity index (χ0v) is 15.9. The van der Waals surface area contributed by atoms with Gasteiger partial charge in [0.25, 0.3) is 5.91 Å². The molecule has 28 heavy (non-hydrogen) atoms. The Balaban J connectivity index is 1.71. The van der Waals surface area contributed by atoms with Gasteiger partial charge in [0.15, 0.2) is 0 Å². The van der Waals surface area contributed by atoms with Crippen LogP contribution >= 0.6 is 0 Å². The van der Waals surface area contributed by atoms with Crippen LogP contribution in [0, 0.1) is 0 Å². The van der Waals surface area contributed by atoms with E-state index in [-0.39, 0.29) is 11.8 Å². The number of aromatic nitrogens is 2. The molecule has 2 heterocycles. The van der Waals surface area contributed by atoms with Gasteiger partial charge in [0, 0.05) is 11.6 Å². The van der Waals surface area contributed by atoms with Crippen LogP contribution < -0.4 is 15.4 Å². The van der Waals surface area contributed by atoms with E-state index in [1.807, 2.05) is 59.3 Å². The molecule has 1 fully saturated rings. The number of anilines is 1. The number of ether oxygens (including phenoxy) is 1. The Hall–Kier alpha value is -3.12. The van der Waals surface area contributed by atoms with Crippen LogP contribution in [0.1, 0.15) is 34.8 Å². The van der Waals surface area contributed by atoms with Crippen molar-refractivity contribution in [2.24, 2.45) is 0 Å². The summed E-state index contributed by atoms with van der Waals surface area (Å²) in [6, 6.07) is 17.3. The van der Waals surface area contributed by atoms with Gasteiger partial charge in [-0.2, -0.15) is 5.10 Å². The number of carbonyl (C=O) groups is 1. The van der Waals surface area contributed by atoms with Crippen LogP contribution in [-0.2, 0) is 0 Å². The molecule has 0 spiro atoms. The quantitative estimate of drug-likeness (QED) is 0.714. The Morgan fingerprint density at radius 2 is 1.82 bits per heavy atom. The Kier molecular flexibility index (Phi) is 5.39. The molecule has 2 aromatic carbocycles. The maximum Gasteiger partial charge on any atom is 0.259 e. The van der Waals surface area contributed by atoms with E-state index < -0.39 is 0 Å². The summed E-state index contributed by atoms with van der Waals surface area (Å²) in [5.41, 5.74) is 3.31. The van der Waals surface area contributed by atoms with Crippen molar-refractivity contribution in [3.63, 3.8) is 0 Å². The van der Waals surface area contributed by atoms with Crippen molar-refractivity contribution in [3.8, 4) is 11.4 Å². The first-order valence-corrected chi connectivity index (χ1v) is 9.55. The maximum absolute atomic E-state index is 13.0. The van der Waals surface area contributed by atoms with Crippen LogP contribution in [-0.4, -0.2) is 35.9 Å². The van der Waals surface area contributed by atoms with Gasteiger partial charge < -0.3 is 15.4 Å². The molecule has 4 rings (SSSR count). The fourth-order valence-electron chi connectivity index (χ4n) is 3.67. The van der Waals surface area contributed by atoms with Crippen molar-refractivity contribution in [2.45, 2.75) is 18.8 Å². The Morgan fingerprint density at radius 1 is 1.11 bits per heavy atom. The molecule has 0 saturated carbocycles. The highest BCUT2D eigenvalue weighted by molar-refractivity contribution is 6.05. The highest BCUT2D eigenvalue weighted by atomic mass is 16.5. The van der Waals surface area contributed by atoms with Gasteiger partial charge in [-0.15, -0.1) is 0 Å². The number of nitrogens with one attached hydrogen (secondary N) is 2. The van der Waals surface area contributed by atoms with Crippen LogP contribution in [0.4, 0.5) is 5.69 Å². The number of benzene rings is 2. The number of amides is 1. The molecule has 1 aromatic heterocycles. The Morgan fingerprint density at radius 3 is 2.50 bits per heavy atom. The third-order valence-corrected chi connectivity index (χ3v) is 5.13. The summed E-state index contributed by atoms with van der Waals surface area (Å²) in [5, 5.41) is 11.0. The van der Waals surface area contributed by atoms with Gasteiger partial charge in [-0.1, -0.05) is 18.2 Å². The SMILES string of the molecule is COc1ccc(-n2ncc(C(=O)Nc3ccccc3)c2C2CCNCC2)cc1. The standard InChI is InChI=1S/C22H24N4O2/c1-28-19-9-7-18(8-10-19)26-21(16-11-13-23-14-12-16)20(15-24-26)22(27)25-17-5-3-2-4-6-17/h2-10,15-16,23H,11-14H2,1H3,(H,25,27). The predicted octanol–water partition coefficient (Wildman–Crippen LogP) is 3.60.